The van der Waals surface area contributed by atoms with E-state index in [4.69, 9.17) is 5.41 Å². The zero-order chi connectivity index (χ0) is 14.1. The first-order valence-corrected chi connectivity index (χ1v) is 7.05. The van der Waals surface area contributed by atoms with E-state index in [9.17, 15) is 5.11 Å². The summed E-state index contributed by atoms with van der Waals surface area (Å²) in [7, 11) is 0. The highest BCUT2D eigenvalue weighted by Crippen LogP contribution is 2.31. The molecule has 1 heterocycles. The van der Waals surface area contributed by atoms with Crippen molar-refractivity contribution in [1.82, 2.24) is 0 Å². The van der Waals surface area contributed by atoms with Crippen molar-refractivity contribution in [3.05, 3.63) is 70.4 Å². The number of benzene rings is 2. The number of rotatable bonds is 2. The quantitative estimate of drug-likeness (QED) is 0.867. The molecule has 0 atom stereocenters. The van der Waals surface area contributed by atoms with Crippen LogP contribution >= 0.6 is 15.9 Å². The molecule has 3 nitrogen and oxygen atoms in total. The molecule has 4 heteroatoms. The van der Waals surface area contributed by atoms with Crippen LogP contribution in [0.3, 0.4) is 0 Å². The van der Waals surface area contributed by atoms with Crippen molar-refractivity contribution in [1.29, 1.82) is 5.41 Å². The predicted molar refractivity (Wildman–Crippen MR) is 85.2 cm³/mol. The number of aliphatic hydroxyl groups excluding tert-OH is 1. The van der Waals surface area contributed by atoms with Gasteiger partial charge in [0.1, 0.15) is 11.6 Å². The number of anilines is 1. The highest BCUT2D eigenvalue weighted by atomic mass is 79.9. The van der Waals surface area contributed by atoms with Gasteiger partial charge in [-0.1, -0.05) is 46.3 Å². The van der Waals surface area contributed by atoms with Gasteiger partial charge in [-0.05, 0) is 29.8 Å². The Bertz CT molecular complexity index is 677. The van der Waals surface area contributed by atoms with Gasteiger partial charge in [0.05, 0.1) is 12.1 Å². The summed E-state index contributed by atoms with van der Waals surface area (Å²) in [4.78, 5) is 1.80. The van der Waals surface area contributed by atoms with Gasteiger partial charge in [-0.15, -0.1) is 0 Å². The monoisotopic (exact) mass is 328 g/mol. The number of amidine groups is 1. The Labute approximate surface area is 125 Å². The van der Waals surface area contributed by atoms with Crippen molar-refractivity contribution in [2.45, 2.75) is 0 Å². The van der Waals surface area contributed by atoms with Gasteiger partial charge in [0.15, 0.2) is 0 Å². The first kappa shape index (κ1) is 12.9. The third-order valence-corrected chi connectivity index (χ3v) is 3.83. The molecular formula is C16H13BrN2O. The van der Waals surface area contributed by atoms with E-state index in [1.165, 1.54) is 0 Å². The van der Waals surface area contributed by atoms with Gasteiger partial charge in [0, 0.05) is 10.2 Å². The van der Waals surface area contributed by atoms with Crippen LogP contribution in [0.2, 0.25) is 0 Å². The van der Waals surface area contributed by atoms with E-state index in [0.29, 0.717) is 18.0 Å². The van der Waals surface area contributed by atoms with Crippen LogP contribution in [-0.2, 0) is 0 Å². The van der Waals surface area contributed by atoms with Crippen LogP contribution in [0.5, 0.6) is 0 Å². The van der Waals surface area contributed by atoms with Crippen LogP contribution in [0.25, 0.3) is 5.57 Å². The topological polar surface area (TPSA) is 47.3 Å². The molecule has 2 aromatic rings. The summed E-state index contributed by atoms with van der Waals surface area (Å²) in [6.07, 6.45) is 0. The van der Waals surface area contributed by atoms with E-state index >= 15 is 0 Å². The van der Waals surface area contributed by atoms with Crippen molar-refractivity contribution < 1.29 is 5.11 Å². The van der Waals surface area contributed by atoms with E-state index in [-0.39, 0.29) is 5.76 Å². The highest BCUT2D eigenvalue weighted by molar-refractivity contribution is 9.10. The summed E-state index contributed by atoms with van der Waals surface area (Å²) in [5, 5.41) is 18.5. The van der Waals surface area contributed by atoms with Crippen molar-refractivity contribution >= 4 is 33.0 Å². The fraction of sp³-hybridized carbons (Fsp3) is 0.0625. The summed E-state index contributed by atoms with van der Waals surface area (Å²) < 4.78 is 0.993. The Morgan fingerprint density at radius 2 is 1.65 bits per heavy atom. The molecule has 2 N–H and O–H groups in total. The zero-order valence-electron chi connectivity index (χ0n) is 10.7. The number of aliphatic hydroxyl groups is 1. The molecule has 0 amide bonds. The molecule has 100 valence electrons. The van der Waals surface area contributed by atoms with Crippen LogP contribution in [0.15, 0.2) is 64.8 Å². The SMILES string of the molecule is N=C1C(c2ccccc2)=C(O)CN1c1ccc(Br)cc1. The standard InChI is InChI=1S/C16H13BrN2O/c17-12-6-8-13(9-7-12)19-10-14(20)15(16(19)18)11-4-2-1-3-5-11/h1-9,18,20H,10H2. The molecule has 0 aliphatic carbocycles. The fourth-order valence-electron chi connectivity index (χ4n) is 2.33. The predicted octanol–water partition coefficient (Wildman–Crippen LogP) is 4.22. The number of nitrogens with zero attached hydrogens (tertiary/aromatic N) is 1. The summed E-state index contributed by atoms with van der Waals surface area (Å²) in [6.45, 7) is 0.338. The Kier molecular flexibility index (Phi) is 3.32. The van der Waals surface area contributed by atoms with Gasteiger partial charge in [-0.3, -0.25) is 5.41 Å². The number of hydrogen-bond acceptors (Lipinski definition) is 2. The van der Waals surface area contributed by atoms with Crippen molar-refractivity contribution in [2.75, 3.05) is 11.4 Å². The normalized spacial score (nSPS) is 15.1. The molecule has 0 unspecified atom stereocenters. The Morgan fingerprint density at radius 3 is 2.30 bits per heavy atom. The minimum absolute atomic E-state index is 0.240. The van der Waals surface area contributed by atoms with Crippen LogP contribution in [0.4, 0.5) is 5.69 Å². The van der Waals surface area contributed by atoms with Crippen LogP contribution in [0, 0.1) is 5.41 Å². The van der Waals surface area contributed by atoms with Crippen LogP contribution < -0.4 is 4.90 Å². The minimum Gasteiger partial charge on any atom is -0.510 e. The molecule has 0 radical (unpaired) electrons. The smallest absolute Gasteiger partial charge is 0.137 e. The number of halogens is 1. The maximum Gasteiger partial charge on any atom is 0.137 e. The summed E-state index contributed by atoms with van der Waals surface area (Å²) >= 11 is 3.40. The largest absolute Gasteiger partial charge is 0.510 e. The third-order valence-electron chi connectivity index (χ3n) is 3.30. The molecule has 20 heavy (non-hydrogen) atoms. The van der Waals surface area contributed by atoms with Crippen molar-refractivity contribution in [3.63, 3.8) is 0 Å². The second kappa shape index (κ2) is 5.13. The van der Waals surface area contributed by atoms with E-state index < -0.39 is 0 Å². The lowest BCUT2D eigenvalue weighted by atomic mass is 10.1. The lowest BCUT2D eigenvalue weighted by molar-refractivity contribution is 0.411. The van der Waals surface area contributed by atoms with Gasteiger partial charge in [0.25, 0.3) is 0 Å². The fourth-order valence-corrected chi connectivity index (χ4v) is 2.59. The number of hydrogen-bond donors (Lipinski definition) is 2. The Morgan fingerprint density at radius 1 is 1.00 bits per heavy atom. The maximum absolute atomic E-state index is 10.2. The molecule has 2 aromatic carbocycles. The highest BCUT2D eigenvalue weighted by Gasteiger charge is 2.28. The van der Waals surface area contributed by atoms with Gasteiger partial charge < -0.3 is 10.0 Å². The van der Waals surface area contributed by atoms with Crippen LogP contribution in [0.1, 0.15) is 5.56 Å². The van der Waals surface area contributed by atoms with E-state index in [1.54, 1.807) is 4.90 Å². The lowest BCUT2D eigenvalue weighted by Gasteiger charge is -2.19. The molecule has 3 rings (SSSR count). The summed E-state index contributed by atoms with van der Waals surface area (Å²) in [5.74, 6) is 0.570. The van der Waals surface area contributed by atoms with E-state index in [1.807, 2.05) is 54.6 Å². The van der Waals surface area contributed by atoms with Crippen LogP contribution in [-0.4, -0.2) is 17.5 Å². The Balaban J connectivity index is 1.95. The van der Waals surface area contributed by atoms with E-state index in [0.717, 1.165) is 15.7 Å². The molecule has 0 fully saturated rings. The molecule has 0 saturated heterocycles. The zero-order valence-corrected chi connectivity index (χ0v) is 12.3. The van der Waals surface area contributed by atoms with Gasteiger partial charge >= 0.3 is 0 Å². The average Bonchev–Trinajstić information content (AvgIpc) is 2.76. The lowest BCUT2D eigenvalue weighted by Crippen LogP contribution is -2.25. The first-order chi connectivity index (χ1) is 9.66. The maximum atomic E-state index is 10.2. The number of nitrogens with one attached hydrogen (secondary N) is 1. The second-order valence-corrected chi connectivity index (χ2v) is 5.51. The molecule has 0 bridgehead atoms. The minimum atomic E-state index is 0.240. The molecule has 1 aliphatic heterocycles. The average molecular weight is 329 g/mol. The first-order valence-electron chi connectivity index (χ1n) is 6.26. The van der Waals surface area contributed by atoms with Gasteiger partial charge in [-0.2, -0.15) is 0 Å². The molecule has 1 aliphatic rings. The van der Waals surface area contributed by atoms with Gasteiger partial charge in [0.2, 0.25) is 0 Å². The molecular weight excluding hydrogens is 316 g/mol. The Hall–Kier alpha value is -2.07. The molecule has 0 saturated carbocycles. The van der Waals surface area contributed by atoms with E-state index in [2.05, 4.69) is 15.9 Å². The second-order valence-electron chi connectivity index (χ2n) is 4.60. The molecule has 0 spiro atoms. The summed E-state index contributed by atoms with van der Waals surface area (Å²) in [6, 6.07) is 17.3. The third kappa shape index (κ3) is 2.23. The van der Waals surface area contributed by atoms with Crippen molar-refractivity contribution in [3.8, 4) is 0 Å². The van der Waals surface area contributed by atoms with Crippen molar-refractivity contribution in [2.24, 2.45) is 0 Å². The molecule has 0 aromatic heterocycles. The van der Waals surface area contributed by atoms with Gasteiger partial charge in [-0.25, -0.2) is 0 Å². The summed E-state index contributed by atoms with van der Waals surface area (Å²) in [5.41, 5.74) is 2.37.